The van der Waals surface area contributed by atoms with Crippen LogP contribution in [0.2, 0.25) is 0 Å². The number of methoxy groups -OCH3 is 2. The molecular weight excluding hydrogens is 939 g/mol. The maximum absolute atomic E-state index is 14.7. The zero-order valence-electron chi connectivity index (χ0n) is 45.7. The second-order valence-electron chi connectivity index (χ2n) is 21.6. The Hall–Kier alpha value is -5.20. The number of benzene rings is 1. The van der Waals surface area contributed by atoms with E-state index in [0.717, 1.165) is 12.0 Å². The summed E-state index contributed by atoms with van der Waals surface area (Å²) in [6, 6.07) is 6.19. The number of likely N-dealkylation sites (N-methyl/N-ethyl adjacent to an activating group) is 2. The number of aliphatic hydroxyl groups excluding tert-OH is 1. The average Bonchev–Trinajstić information content (AvgIpc) is 3.97. The third kappa shape index (κ3) is 15.2. The zero-order valence-corrected chi connectivity index (χ0v) is 45.7. The maximum Gasteiger partial charge on any atom is 0.410 e. The highest BCUT2D eigenvalue weighted by Gasteiger charge is 2.45. The Morgan fingerprint density at radius 3 is 2.07 bits per heavy atom. The Balaban J connectivity index is 1.43. The lowest BCUT2D eigenvalue weighted by molar-refractivity contribution is -0.205. The molecule has 1 aromatic rings. The van der Waals surface area contributed by atoms with Crippen molar-refractivity contribution in [3.8, 4) is 0 Å². The minimum atomic E-state index is -1.08. The van der Waals surface area contributed by atoms with Crippen LogP contribution in [0.1, 0.15) is 145 Å². The first-order valence-corrected chi connectivity index (χ1v) is 26.3. The molecule has 0 bridgehead atoms. The fourth-order valence-electron chi connectivity index (χ4n) is 10.6. The van der Waals surface area contributed by atoms with Crippen molar-refractivity contribution in [1.82, 2.24) is 25.1 Å². The molecule has 408 valence electrons. The quantitative estimate of drug-likeness (QED) is 0.0827. The fourth-order valence-corrected chi connectivity index (χ4v) is 10.6. The molecule has 73 heavy (non-hydrogen) atoms. The Labute approximate surface area is 433 Å². The van der Waals surface area contributed by atoms with Crippen molar-refractivity contribution < 1.29 is 62.5 Å². The summed E-state index contributed by atoms with van der Waals surface area (Å²) in [5, 5.41) is 14.5. The highest BCUT2D eigenvalue weighted by Crippen LogP contribution is 2.36. The van der Waals surface area contributed by atoms with Gasteiger partial charge in [-0.3, -0.25) is 33.7 Å². The average molecular weight is 1020 g/mol. The summed E-state index contributed by atoms with van der Waals surface area (Å²) in [5.41, 5.74) is -0.339. The van der Waals surface area contributed by atoms with E-state index in [2.05, 4.69) is 5.32 Å². The Morgan fingerprint density at radius 2 is 1.49 bits per heavy atom. The van der Waals surface area contributed by atoms with Gasteiger partial charge in [-0.25, -0.2) is 9.59 Å². The van der Waals surface area contributed by atoms with Crippen LogP contribution in [0.15, 0.2) is 42.5 Å². The summed E-state index contributed by atoms with van der Waals surface area (Å²) >= 11 is 0. The standard InChI is InChI=1S/C55H85N5O13/c1-14-35(6)48(42(70-12)32-45(64)59-30-20-24-40(59)50(71-13)37(8)41(61)31-36(7)49(65)38-21-16-15-17-22-38)57(10)52(67)46(33(2)3)56-51(66)47(34(4)5)58(11)54(69)72-39-23-18-19-28-55(9,29-27-39)53(68)73-60-43(62)25-26-44(60)63/h15-18,21-23,33-37,39-40,42,46-50,65H,14,19-20,24-32H2,1-13H3,(H,56,66)/b23-18+/t35-,36-,37-,39-,40-,42+,46-,47-,48-,49+,50+,55+/m0/s1. The lowest BCUT2D eigenvalue weighted by Crippen LogP contribution is -2.60. The van der Waals surface area contributed by atoms with Gasteiger partial charge in [0, 0.05) is 60.0 Å². The molecule has 2 aliphatic heterocycles. The molecule has 2 heterocycles. The number of nitrogens with one attached hydrogen (secondary N) is 1. The largest absolute Gasteiger partial charge is 0.442 e. The Morgan fingerprint density at radius 1 is 0.849 bits per heavy atom. The predicted molar refractivity (Wildman–Crippen MR) is 273 cm³/mol. The van der Waals surface area contributed by atoms with Gasteiger partial charge in [-0.1, -0.05) is 98.2 Å². The molecule has 0 radical (unpaired) electrons. The van der Waals surface area contributed by atoms with Gasteiger partial charge in [-0.15, -0.1) is 5.06 Å². The number of ether oxygens (including phenoxy) is 3. The van der Waals surface area contributed by atoms with Crippen LogP contribution >= 0.6 is 0 Å². The first-order chi connectivity index (χ1) is 34.4. The molecule has 1 aromatic carbocycles. The number of Topliss-reactive ketones (excluding diaryl/α,β-unsaturated/α-hetero) is 1. The smallest absolute Gasteiger partial charge is 0.410 e. The number of allylic oxidation sites excluding steroid dienone is 1. The SMILES string of the molecule is CC[C@H](C)[C@@H]([C@@H](CC(=O)N1CCC[C@H]1[C@H](OC)[C@@H](C)C(=O)C[C@H](C)[C@@H](O)c1ccccc1)OC)N(C)C(=O)[C@@H](NC(=O)[C@H](C(C)C)N(C)C(=O)O[C@H]1/C=C/CC[C@@](C)(C(=O)ON2C(=O)CCC2=O)CC1)C(C)C. The van der Waals surface area contributed by atoms with Crippen molar-refractivity contribution in [2.75, 3.05) is 34.9 Å². The summed E-state index contributed by atoms with van der Waals surface area (Å²) in [6.07, 6.45) is 3.13. The molecule has 2 saturated heterocycles. The topological polar surface area (TPSA) is 219 Å². The van der Waals surface area contributed by atoms with Gasteiger partial charge >= 0.3 is 12.1 Å². The monoisotopic (exact) mass is 1020 g/mol. The second-order valence-corrected chi connectivity index (χ2v) is 21.6. The zero-order chi connectivity index (χ0) is 54.5. The van der Waals surface area contributed by atoms with Gasteiger partial charge in [0.2, 0.25) is 17.7 Å². The van der Waals surface area contributed by atoms with E-state index in [9.17, 15) is 43.5 Å². The second kappa shape index (κ2) is 27.4. The number of rotatable bonds is 24. The van der Waals surface area contributed by atoms with Crippen LogP contribution < -0.4 is 5.32 Å². The summed E-state index contributed by atoms with van der Waals surface area (Å²) < 4.78 is 18.0. The number of hydrogen-bond acceptors (Lipinski definition) is 13. The van der Waals surface area contributed by atoms with E-state index in [1.165, 1.54) is 19.1 Å². The number of aliphatic hydroxyl groups is 1. The number of hydroxylamine groups is 2. The van der Waals surface area contributed by atoms with Gasteiger partial charge in [0.25, 0.3) is 11.8 Å². The molecule has 6 amide bonds. The lowest BCUT2D eigenvalue weighted by Gasteiger charge is -2.41. The lowest BCUT2D eigenvalue weighted by atomic mass is 9.79. The van der Waals surface area contributed by atoms with Crippen molar-refractivity contribution in [1.29, 1.82) is 0 Å². The van der Waals surface area contributed by atoms with E-state index in [-0.39, 0.29) is 68.1 Å². The molecule has 0 aromatic heterocycles. The van der Waals surface area contributed by atoms with Crippen LogP contribution in [0, 0.1) is 35.0 Å². The summed E-state index contributed by atoms with van der Waals surface area (Å²) in [7, 11) is 6.18. The van der Waals surface area contributed by atoms with Crippen LogP contribution in [-0.4, -0.2) is 150 Å². The van der Waals surface area contributed by atoms with Gasteiger partial charge in [-0.05, 0) is 80.8 Å². The summed E-state index contributed by atoms with van der Waals surface area (Å²) in [5.74, 6) is -4.93. The third-order valence-corrected chi connectivity index (χ3v) is 15.5. The van der Waals surface area contributed by atoms with Crippen molar-refractivity contribution in [2.45, 2.75) is 182 Å². The third-order valence-electron chi connectivity index (χ3n) is 15.5. The predicted octanol–water partition coefficient (Wildman–Crippen LogP) is 6.58. The molecule has 1 aliphatic carbocycles. The van der Waals surface area contributed by atoms with Gasteiger partial charge in [0.15, 0.2) is 0 Å². The van der Waals surface area contributed by atoms with Crippen LogP contribution in [-0.2, 0) is 52.6 Å². The van der Waals surface area contributed by atoms with Crippen molar-refractivity contribution in [3.05, 3.63) is 48.0 Å². The van der Waals surface area contributed by atoms with Gasteiger partial charge in [-0.2, -0.15) is 0 Å². The molecule has 2 N–H and O–H groups in total. The van der Waals surface area contributed by atoms with Gasteiger partial charge in [0.05, 0.1) is 42.2 Å². The first kappa shape index (κ1) is 60.4. The van der Waals surface area contributed by atoms with Crippen LogP contribution in [0.3, 0.4) is 0 Å². The van der Waals surface area contributed by atoms with Crippen molar-refractivity contribution >= 4 is 47.4 Å². The van der Waals surface area contributed by atoms with E-state index in [1.807, 2.05) is 71.9 Å². The van der Waals surface area contributed by atoms with Gasteiger partial charge < -0.3 is 39.3 Å². The van der Waals surface area contributed by atoms with Gasteiger partial charge in [0.1, 0.15) is 24.0 Å². The van der Waals surface area contributed by atoms with Crippen LogP contribution in [0.4, 0.5) is 4.79 Å². The van der Waals surface area contributed by atoms with E-state index in [4.69, 9.17) is 19.0 Å². The highest BCUT2D eigenvalue weighted by atomic mass is 16.7. The summed E-state index contributed by atoms with van der Waals surface area (Å²) in [4.78, 5) is 118. The molecule has 4 rings (SSSR count). The first-order valence-electron chi connectivity index (χ1n) is 26.3. The van der Waals surface area contributed by atoms with Crippen molar-refractivity contribution in [3.63, 3.8) is 0 Å². The molecule has 0 saturated carbocycles. The Bertz CT molecular complexity index is 2080. The van der Waals surface area contributed by atoms with Crippen LogP contribution in [0.25, 0.3) is 0 Å². The van der Waals surface area contributed by atoms with E-state index >= 15 is 0 Å². The minimum Gasteiger partial charge on any atom is -0.442 e. The minimum absolute atomic E-state index is 0.0244. The highest BCUT2D eigenvalue weighted by molar-refractivity contribution is 6.01. The number of hydrogen-bond donors (Lipinski definition) is 2. The normalized spacial score (nSPS) is 23.5. The molecule has 12 atom stereocenters. The molecule has 18 nitrogen and oxygen atoms in total. The number of ketones is 1. The molecule has 0 spiro atoms. The fraction of sp³-hybridized carbons (Fsp3) is 0.709. The van der Waals surface area contributed by atoms with Crippen LogP contribution in [0.5, 0.6) is 0 Å². The number of imide groups is 1. The molecule has 3 aliphatic rings. The van der Waals surface area contributed by atoms with E-state index in [0.29, 0.717) is 37.3 Å². The van der Waals surface area contributed by atoms with E-state index in [1.54, 1.807) is 56.9 Å². The molecule has 2 fully saturated rings. The molecule has 0 unspecified atom stereocenters. The number of likely N-dealkylation sites (tertiary alicyclic amines) is 1. The maximum atomic E-state index is 14.7. The molecule has 18 heteroatoms. The number of carbonyl (C=O) groups is 8. The summed E-state index contributed by atoms with van der Waals surface area (Å²) in [6.45, 7) is 17.0. The Kier molecular flexibility index (Phi) is 22.6. The number of amides is 6. The van der Waals surface area contributed by atoms with E-state index < -0.39 is 101 Å². The number of nitrogens with zero attached hydrogens (tertiary/aromatic N) is 4. The van der Waals surface area contributed by atoms with Crippen molar-refractivity contribution in [2.24, 2.45) is 35.0 Å². The number of carbonyl (C=O) groups excluding carboxylic acids is 8. The molecular formula is C55H85N5O13.